The second kappa shape index (κ2) is 5.72. The molecule has 0 bridgehead atoms. The first-order valence-corrected chi connectivity index (χ1v) is 6.03. The van der Waals surface area contributed by atoms with Gasteiger partial charge in [0.1, 0.15) is 7.28 Å². The lowest BCUT2D eigenvalue weighted by Gasteiger charge is -2.33. The summed E-state index contributed by atoms with van der Waals surface area (Å²) in [6.07, 6.45) is 8.78. The van der Waals surface area contributed by atoms with Crippen LogP contribution in [0, 0.1) is 17.8 Å². The molecule has 1 aliphatic rings. The summed E-state index contributed by atoms with van der Waals surface area (Å²) in [5.41, 5.74) is 0. The van der Waals surface area contributed by atoms with E-state index in [0.29, 0.717) is 0 Å². The molecular weight excluding hydrogens is 155 g/mol. The topological polar surface area (TPSA) is 0 Å². The molecule has 1 radical (unpaired) electrons. The van der Waals surface area contributed by atoms with Crippen molar-refractivity contribution in [1.82, 2.24) is 0 Å². The summed E-state index contributed by atoms with van der Waals surface area (Å²) in [6.45, 7) is 6.99. The van der Waals surface area contributed by atoms with Crippen molar-refractivity contribution in [3.63, 3.8) is 0 Å². The maximum absolute atomic E-state index is 2.39. The van der Waals surface area contributed by atoms with Gasteiger partial charge in [0.05, 0.1) is 0 Å². The molecule has 1 atom stereocenters. The van der Waals surface area contributed by atoms with Gasteiger partial charge < -0.3 is 0 Å². The van der Waals surface area contributed by atoms with Crippen molar-refractivity contribution < 1.29 is 0 Å². The fraction of sp³-hybridized carbons (Fsp3) is 1.00. The Hall–Kier alpha value is 0.0649. The predicted molar refractivity (Wildman–Crippen MR) is 61.3 cm³/mol. The third kappa shape index (κ3) is 3.36. The monoisotopic (exact) mass is 179 g/mol. The number of hydrogen-bond acceptors (Lipinski definition) is 0. The van der Waals surface area contributed by atoms with E-state index in [1.165, 1.54) is 38.4 Å². The van der Waals surface area contributed by atoms with E-state index in [0.717, 1.165) is 17.8 Å². The summed E-state index contributed by atoms with van der Waals surface area (Å²) < 4.78 is 0. The van der Waals surface area contributed by atoms with E-state index in [9.17, 15) is 0 Å². The zero-order valence-corrected chi connectivity index (χ0v) is 9.55. The summed E-state index contributed by atoms with van der Waals surface area (Å²) in [6, 6.07) is 0. The third-order valence-corrected chi connectivity index (χ3v) is 3.62. The lowest BCUT2D eigenvalue weighted by atomic mass is 9.63. The van der Waals surface area contributed by atoms with Gasteiger partial charge in [-0.15, -0.1) is 0 Å². The molecule has 13 heavy (non-hydrogen) atoms. The second-order valence-corrected chi connectivity index (χ2v) is 4.95. The zero-order valence-electron chi connectivity index (χ0n) is 9.55. The molecule has 0 aromatic rings. The van der Waals surface area contributed by atoms with Crippen LogP contribution in [0.4, 0.5) is 0 Å². The van der Waals surface area contributed by atoms with E-state index in [4.69, 9.17) is 0 Å². The SMILES string of the molecule is C[B]CC(C(C)C)C1CCCCC1. The van der Waals surface area contributed by atoms with E-state index in [-0.39, 0.29) is 0 Å². The Labute approximate surface area is 84.7 Å². The Morgan fingerprint density at radius 1 is 1.15 bits per heavy atom. The largest absolute Gasteiger partial charge is 0.106 e. The smallest absolute Gasteiger partial charge is 0.0920 e. The van der Waals surface area contributed by atoms with E-state index < -0.39 is 0 Å². The van der Waals surface area contributed by atoms with Crippen LogP contribution in [0.2, 0.25) is 13.1 Å². The summed E-state index contributed by atoms with van der Waals surface area (Å²) >= 11 is 0. The van der Waals surface area contributed by atoms with Gasteiger partial charge in [-0.25, -0.2) is 0 Å². The molecule has 1 aliphatic carbocycles. The van der Waals surface area contributed by atoms with Crippen molar-refractivity contribution in [3.05, 3.63) is 0 Å². The highest BCUT2D eigenvalue weighted by Crippen LogP contribution is 2.35. The third-order valence-electron chi connectivity index (χ3n) is 3.62. The van der Waals surface area contributed by atoms with Gasteiger partial charge in [-0.1, -0.05) is 59.1 Å². The molecule has 1 fully saturated rings. The quantitative estimate of drug-likeness (QED) is 0.572. The molecule has 1 unspecified atom stereocenters. The molecule has 0 heterocycles. The molecule has 0 aromatic heterocycles. The van der Waals surface area contributed by atoms with Crippen molar-refractivity contribution in [2.45, 2.75) is 59.1 Å². The highest BCUT2D eigenvalue weighted by Gasteiger charge is 2.24. The Morgan fingerprint density at radius 2 is 1.77 bits per heavy atom. The first kappa shape index (κ1) is 11.1. The molecule has 0 amide bonds. The molecule has 75 valence electrons. The van der Waals surface area contributed by atoms with Crippen LogP contribution in [0.5, 0.6) is 0 Å². The first-order valence-electron chi connectivity index (χ1n) is 6.03. The Balaban J connectivity index is 2.41. The zero-order chi connectivity index (χ0) is 9.68. The fourth-order valence-electron chi connectivity index (χ4n) is 2.84. The molecule has 1 saturated carbocycles. The molecule has 0 nitrogen and oxygen atoms in total. The van der Waals surface area contributed by atoms with E-state index in [1.54, 1.807) is 0 Å². The molecule has 1 heteroatoms. The summed E-state index contributed by atoms with van der Waals surface area (Å²) in [5.74, 6) is 2.87. The minimum atomic E-state index is 0.874. The molecular formula is C12H24B. The second-order valence-electron chi connectivity index (χ2n) is 4.95. The van der Waals surface area contributed by atoms with Gasteiger partial charge >= 0.3 is 0 Å². The van der Waals surface area contributed by atoms with E-state index in [2.05, 4.69) is 28.0 Å². The van der Waals surface area contributed by atoms with Crippen molar-refractivity contribution >= 4 is 7.28 Å². The number of hydrogen-bond donors (Lipinski definition) is 0. The Morgan fingerprint density at radius 3 is 2.23 bits per heavy atom. The van der Waals surface area contributed by atoms with E-state index in [1.807, 2.05) is 0 Å². The van der Waals surface area contributed by atoms with Gasteiger partial charge in [-0.2, -0.15) is 0 Å². The Bertz CT molecular complexity index is 125. The molecule has 1 rings (SSSR count). The maximum Gasteiger partial charge on any atom is 0.106 e. The van der Waals surface area contributed by atoms with Crippen LogP contribution < -0.4 is 0 Å². The average Bonchev–Trinajstić information content (AvgIpc) is 2.15. The van der Waals surface area contributed by atoms with Gasteiger partial charge in [-0.3, -0.25) is 0 Å². The lowest BCUT2D eigenvalue weighted by Crippen LogP contribution is -2.23. The molecule has 0 spiro atoms. The molecule has 0 aromatic carbocycles. The standard InChI is InChI=1S/C12H24B/c1-10(2)12(9-13-3)11-7-5-4-6-8-11/h10-12H,4-9H2,1-3H3. The highest BCUT2D eigenvalue weighted by atomic mass is 14.3. The van der Waals surface area contributed by atoms with Crippen LogP contribution in [-0.4, -0.2) is 7.28 Å². The van der Waals surface area contributed by atoms with Gasteiger partial charge in [0.25, 0.3) is 0 Å². The van der Waals surface area contributed by atoms with Crippen molar-refractivity contribution in [1.29, 1.82) is 0 Å². The Kier molecular flexibility index (Phi) is 4.91. The maximum atomic E-state index is 2.39. The lowest BCUT2D eigenvalue weighted by molar-refractivity contribution is 0.213. The molecule has 0 saturated heterocycles. The van der Waals surface area contributed by atoms with Gasteiger partial charge in [0.2, 0.25) is 0 Å². The molecule has 0 N–H and O–H groups in total. The predicted octanol–water partition coefficient (Wildman–Crippen LogP) is 4.01. The van der Waals surface area contributed by atoms with Crippen LogP contribution >= 0.6 is 0 Å². The van der Waals surface area contributed by atoms with Crippen LogP contribution in [-0.2, 0) is 0 Å². The van der Waals surface area contributed by atoms with Crippen molar-refractivity contribution in [3.8, 4) is 0 Å². The van der Waals surface area contributed by atoms with Gasteiger partial charge in [0, 0.05) is 0 Å². The fourth-order valence-corrected chi connectivity index (χ4v) is 2.84. The van der Waals surface area contributed by atoms with Crippen LogP contribution in [0.25, 0.3) is 0 Å². The normalized spacial score (nSPS) is 21.8. The van der Waals surface area contributed by atoms with Gasteiger partial charge in [-0.05, 0) is 17.8 Å². The highest BCUT2D eigenvalue weighted by molar-refractivity contribution is 6.33. The van der Waals surface area contributed by atoms with Crippen molar-refractivity contribution in [2.75, 3.05) is 0 Å². The average molecular weight is 179 g/mol. The minimum absolute atomic E-state index is 0.874. The van der Waals surface area contributed by atoms with E-state index >= 15 is 0 Å². The molecule has 0 aliphatic heterocycles. The van der Waals surface area contributed by atoms with Crippen LogP contribution in [0.3, 0.4) is 0 Å². The summed E-state index contributed by atoms with van der Waals surface area (Å²) in [7, 11) is 2.36. The number of rotatable bonds is 4. The summed E-state index contributed by atoms with van der Waals surface area (Å²) in [4.78, 5) is 0. The van der Waals surface area contributed by atoms with Crippen LogP contribution in [0.15, 0.2) is 0 Å². The minimum Gasteiger partial charge on any atom is -0.0920 e. The van der Waals surface area contributed by atoms with Crippen LogP contribution in [0.1, 0.15) is 46.0 Å². The van der Waals surface area contributed by atoms with Gasteiger partial charge in [0.15, 0.2) is 0 Å². The first-order chi connectivity index (χ1) is 6.25. The summed E-state index contributed by atoms with van der Waals surface area (Å²) in [5, 5.41) is 0. The van der Waals surface area contributed by atoms with Crippen molar-refractivity contribution in [2.24, 2.45) is 17.8 Å².